The molecule has 62 valence electrons. The van der Waals surface area contributed by atoms with Gasteiger partial charge in [-0.2, -0.15) is 0 Å². The van der Waals surface area contributed by atoms with Gasteiger partial charge in [-0.3, -0.25) is 4.79 Å². The first-order chi connectivity index (χ1) is 5.35. The molecule has 0 aromatic carbocycles. The van der Waals surface area contributed by atoms with E-state index in [1.165, 1.54) is 0 Å². The first-order valence-electron chi connectivity index (χ1n) is 3.76. The number of carbonyl (C=O) groups is 1. The van der Waals surface area contributed by atoms with Crippen LogP contribution in [-0.2, 0) is 4.79 Å². The summed E-state index contributed by atoms with van der Waals surface area (Å²) in [6.45, 7) is 8.59. The van der Waals surface area contributed by atoms with Crippen molar-refractivity contribution in [2.24, 2.45) is 0 Å². The molecule has 11 heavy (non-hydrogen) atoms. The fraction of sp³-hybridized carbons (Fsp3) is 0.444. The minimum Gasteiger partial charge on any atom is -0.342 e. The number of hydrogen-bond acceptors (Lipinski definition) is 1. The van der Waals surface area contributed by atoms with E-state index in [-0.39, 0.29) is 0 Å². The average Bonchev–Trinajstić information content (AvgIpc) is 2.03. The van der Waals surface area contributed by atoms with Gasteiger partial charge in [0.25, 0.3) is 0 Å². The summed E-state index contributed by atoms with van der Waals surface area (Å²) in [6.07, 6.45) is 6.38. The third-order valence-corrected chi connectivity index (χ3v) is 1.37. The summed E-state index contributed by atoms with van der Waals surface area (Å²) >= 11 is 0. The van der Waals surface area contributed by atoms with Gasteiger partial charge in [0.05, 0.1) is 0 Å². The lowest BCUT2D eigenvalue weighted by Crippen LogP contribution is -2.22. The maximum Gasteiger partial charge on any atom is 0.209 e. The lowest BCUT2D eigenvalue weighted by atomic mass is 10.3. The lowest BCUT2D eigenvalue weighted by molar-refractivity contribution is -0.117. The SMILES string of the molecule is C=CCCCN(C=O)CC=C. The zero-order valence-corrected chi connectivity index (χ0v) is 6.83. The first-order valence-corrected chi connectivity index (χ1v) is 3.76. The van der Waals surface area contributed by atoms with Gasteiger partial charge in [0.2, 0.25) is 6.41 Å². The zero-order valence-electron chi connectivity index (χ0n) is 6.83. The summed E-state index contributed by atoms with van der Waals surface area (Å²) in [5, 5.41) is 0. The van der Waals surface area contributed by atoms with Crippen molar-refractivity contribution >= 4 is 6.41 Å². The van der Waals surface area contributed by atoms with Crippen molar-refractivity contribution in [1.29, 1.82) is 0 Å². The van der Waals surface area contributed by atoms with Gasteiger partial charge in [-0.25, -0.2) is 0 Å². The van der Waals surface area contributed by atoms with Crippen LogP contribution in [0, 0.1) is 0 Å². The van der Waals surface area contributed by atoms with Gasteiger partial charge in [0.1, 0.15) is 0 Å². The molecular formula is C9H15NO. The minimum absolute atomic E-state index is 0.640. The van der Waals surface area contributed by atoms with Gasteiger partial charge in [0.15, 0.2) is 0 Å². The summed E-state index contributed by atoms with van der Waals surface area (Å²) in [6, 6.07) is 0. The summed E-state index contributed by atoms with van der Waals surface area (Å²) in [4.78, 5) is 12.0. The van der Waals surface area contributed by atoms with Crippen molar-refractivity contribution in [2.45, 2.75) is 12.8 Å². The predicted octanol–water partition coefficient (Wildman–Crippen LogP) is 1.60. The molecule has 0 spiro atoms. The molecule has 0 rings (SSSR count). The fourth-order valence-corrected chi connectivity index (χ4v) is 0.792. The van der Waals surface area contributed by atoms with Crippen molar-refractivity contribution in [3.8, 4) is 0 Å². The number of rotatable bonds is 7. The van der Waals surface area contributed by atoms with E-state index in [1.807, 2.05) is 6.08 Å². The second-order valence-corrected chi connectivity index (χ2v) is 2.32. The minimum atomic E-state index is 0.640. The van der Waals surface area contributed by atoms with E-state index in [1.54, 1.807) is 11.0 Å². The van der Waals surface area contributed by atoms with Crippen molar-refractivity contribution in [3.63, 3.8) is 0 Å². The summed E-state index contributed by atoms with van der Waals surface area (Å²) in [5.41, 5.74) is 0. The third-order valence-electron chi connectivity index (χ3n) is 1.37. The molecule has 0 aromatic heterocycles. The summed E-state index contributed by atoms with van der Waals surface area (Å²) in [5.74, 6) is 0. The highest BCUT2D eigenvalue weighted by atomic mass is 16.1. The molecule has 2 heteroatoms. The van der Waals surface area contributed by atoms with Gasteiger partial charge in [-0.05, 0) is 12.8 Å². The van der Waals surface area contributed by atoms with Crippen molar-refractivity contribution in [1.82, 2.24) is 4.90 Å². The van der Waals surface area contributed by atoms with E-state index in [4.69, 9.17) is 0 Å². The Kier molecular flexibility index (Phi) is 6.39. The molecular weight excluding hydrogens is 138 g/mol. The normalized spacial score (nSPS) is 8.73. The summed E-state index contributed by atoms with van der Waals surface area (Å²) in [7, 11) is 0. The molecule has 0 saturated heterocycles. The van der Waals surface area contributed by atoms with E-state index in [2.05, 4.69) is 13.2 Å². The monoisotopic (exact) mass is 153 g/mol. The molecule has 0 aliphatic heterocycles. The maximum absolute atomic E-state index is 10.3. The van der Waals surface area contributed by atoms with Gasteiger partial charge < -0.3 is 4.90 Å². The molecule has 0 atom stereocenters. The highest BCUT2D eigenvalue weighted by Crippen LogP contribution is 1.92. The van der Waals surface area contributed by atoms with E-state index in [0.717, 1.165) is 25.8 Å². The molecule has 0 fully saturated rings. The van der Waals surface area contributed by atoms with Crippen LogP contribution in [0.4, 0.5) is 0 Å². The second kappa shape index (κ2) is 7.06. The van der Waals surface area contributed by atoms with Crippen molar-refractivity contribution in [3.05, 3.63) is 25.3 Å². The Bertz CT molecular complexity index is 132. The number of carbonyl (C=O) groups excluding carboxylic acids is 1. The first kappa shape index (κ1) is 9.95. The van der Waals surface area contributed by atoms with Crippen LogP contribution in [-0.4, -0.2) is 24.4 Å². The van der Waals surface area contributed by atoms with Crippen LogP contribution in [0.1, 0.15) is 12.8 Å². The van der Waals surface area contributed by atoms with Crippen LogP contribution in [0.15, 0.2) is 25.3 Å². The van der Waals surface area contributed by atoms with Gasteiger partial charge in [-0.15, -0.1) is 13.2 Å². The third kappa shape index (κ3) is 5.40. The molecule has 0 aromatic rings. The lowest BCUT2D eigenvalue weighted by Gasteiger charge is -2.13. The topological polar surface area (TPSA) is 20.3 Å². The van der Waals surface area contributed by atoms with Crippen LogP contribution in [0.3, 0.4) is 0 Å². The maximum atomic E-state index is 10.3. The molecule has 1 amide bonds. The molecule has 0 heterocycles. The van der Waals surface area contributed by atoms with Gasteiger partial charge >= 0.3 is 0 Å². The number of unbranched alkanes of at least 4 members (excludes halogenated alkanes) is 1. The quantitative estimate of drug-likeness (QED) is 0.309. The molecule has 0 radical (unpaired) electrons. The Balaban J connectivity index is 3.42. The Labute approximate surface area is 68.2 Å². The van der Waals surface area contributed by atoms with E-state index in [0.29, 0.717) is 6.54 Å². The van der Waals surface area contributed by atoms with E-state index >= 15 is 0 Å². The number of nitrogens with zero attached hydrogens (tertiary/aromatic N) is 1. The molecule has 0 N–H and O–H groups in total. The van der Waals surface area contributed by atoms with Crippen molar-refractivity contribution < 1.29 is 4.79 Å². The highest BCUT2D eigenvalue weighted by molar-refractivity contribution is 5.47. The smallest absolute Gasteiger partial charge is 0.209 e. The molecule has 0 unspecified atom stereocenters. The molecule has 0 bridgehead atoms. The number of amides is 1. The summed E-state index contributed by atoms with van der Waals surface area (Å²) < 4.78 is 0. The van der Waals surface area contributed by atoms with Crippen LogP contribution in [0.5, 0.6) is 0 Å². The van der Waals surface area contributed by atoms with Crippen molar-refractivity contribution in [2.75, 3.05) is 13.1 Å². The van der Waals surface area contributed by atoms with E-state index < -0.39 is 0 Å². The largest absolute Gasteiger partial charge is 0.342 e. The Morgan fingerprint density at radius 1 is 1.27 bits per heavy atom. The van der Waals surface area contributed by atoms with Crippen LogP contribution < -0.4 is 0 Å². The van der Waals surface area contributed by atoms with E-state index in [9.17, 15) is 4.79 Å². The molecule has 0 aliphatic carbocycles. The highest BCUT2D eigenvalue weighted by Gasteiger charge is 1.95. The average molecular weight is 153 g/mol. The Morgan fingerprint density at radius 3 is 2.45 bits per heavy atom. The number of allylic oxidation sites excluding steroid dienone is 1. The predicted molar refractivity (Wildman–Crippen MR) is 47.3 cm³/mol. The Hall–Kier alpha value is -1.05. The van der Waals surface area contributed by atoms with Gasteiger partial charge in [0, 0.05) is 13.1 Å². The Morgan fingerprint density at radius 2 is 2.00 bits per heavy atom. The molecule has 2 nitrogen and oxygen atoms in total. The standard InChI is InChI=1S/C9H15NO/c1-3-5-6-8-10(9-11)7-4-2/h3-4,9H,1-2,5-8H2. The number of hydrogen-bond donors (Lipinski definition) is 0. The second-order valence-electron chi connectivity index (χ2n) is 2.32. The van der Waals surface area contributed by atoms with Crippen LogP contribution in [0.25, 0.3) is 0 Å². The fourth-order valence-electron chi connectivity index (χ4n) is 0.792. The zero-order chi connectivity index (χ0) is 8.53. The molecule has 0 aliphatic rings. The van der Waals surface area contributed by atoms with Gasteiger partial charge in [-0.1, -0.05) is 12.2 Å². The van der Waals surface area contributed by atoms with Crippen LogP contribution >= 0.6 is 0 Å². The molecule has 0 saturated carbocycles. The van der Waals surface area contributed by atoms with Crippen LogP contribution in [0.2, 0.25) is 0 Å².